The zero-order chi connectivity index (χ0) is 17.7. The molecule has 0 bridgehead atoms. The Morgan fingerprint density at radius 1 is 1.42 bits per heavy atom. The topological polar surface area (TPSA) is 35.6 Å². The second-order valence-corrected chi connectivity index (χ2v) is 7.40. The monoisotopic (exact) mass is 331 g/mol. The third-order valence-electron chi connectivity index (χ3n) is 5.06. The number of nitrogens with zero attached hydrogens (tertiary/aromatic N) is 2. The van der Waals surface area contributed by atoms with E-state index in [2.05, 4.69) is 42.1 Å². The van der Waals surface area contributed by atoms with E-state index < -0.39 is 0 Å². The van der Waals surface area contributed by atoms with Gasteiger partial charge in [-0.15, -0.1) is 0 Å². The molecule has 1 aromatic carbocycles. The lowest BCUT2D eigenvalue weighted by atomic mass is 10.1. The van der Waals surface area contributed by atoms with E-state index in [-0.39, 0.29) is 11.9 Å². The summed E-state index contributed by atoms with van der Waals surface area (Å²) in [6.07, 6.45) is 2.39. The Balaban J connectivity index is 1.87. The van der Waals surface area contributed by atoms with Crippen LogP contribution in [-0.4, -0.2) is 55.0 Å². The van der Waals surface area contributed by atoms with Gasteiger partial charge in [0.2, 0.25) is 5.91 Å². The predicted molar refractivity (Wildman–Crippen MR) is 101 cm³/mol. The van der Waals surface area contributed by atoms with E-state index in [0.29, 0.717) is 5.92 Å². The average Bonchev–Trinajstić information content (AvgIpc) is 2.97. The van der Waals surface area contributed by atoms with Crippen LogP contribution in [0.2, 0.25) is 0 Å². The number of aryl methyl sites for hydroxylation is 2. The number of carbonyl (C=O) groups excluding carboxylic acids is 1. The molecule has 0 aromatic heterocycles. The lowest BCUT2D eigenvalue weighted by Crippen LogP contribution is -2.41. The van der Waals surface area contributed by atoms with Crippen molar-refractivity contribution in [2.75, 3.05) is 38.5 Å². The van der Waals surface area contributed by atoms with Crippen LogP contribution in [0.25, 0.3) is 0 Å². The fraction of sp³-hybridized carbons (Fsp3) is 0.650. The number of hydrogen-bond donors (Lipinski definition) is 1. The minimum atomic E-state index is -0.0767. The van der Waals surface area contributed by atoms with Gasteiger partial charge >= 0.3 is 0 Å². The second kappa shape index (κ2) is 8.63. The SMILES string of the molecule is CCCN(C)C[C@@H]1CCN([C@H](C)C(=O)Nc2ccc(C)cc2C)C1. The largest absolute Gasteiger partial charge is 0.324 e. The van der Waals surface area contributed by atoms with Crippen molar-refractivity contribution in [1.29, 1.82) is 0 Å². The normalized spacial score (nSPS) is 19.7. The molecule has 1 aliphatic rings. The van der Waals surface area contributed by atoms with Crippen molar-refractivity contribution in [3.05, 3.63) is 29.3 Å². The molecule has 4 nitrogen and oxygen atoms in total. The van der Waals surface area contributed by atoms with Crippen LogP contribution in [0.15, 0.2) is 18.2 Å². The highest BCUT2D eigenvalue weighted by molar-refractivity contribution is 5.95. The summed E-state index contributed by atoms with van der Waals surface area (Å²) < 4.78 is 0. The van der Waals surface area contributed by atoms with Crippen molar-refractivity contribution < 1.29 is 4.79 Å². The van der Waals surface area contributed by atoms with Crippen LogP contribution < -0.4 is 5.32 Å². The van der Waals surface area contributed by atoms with E-state index in [1.807, 2.05) is 26.0 Å². The van der Waals surface area contributed by atoms with E-state index in [1.54, 1.807) is 0 Å². The fourth-order valence-corrected chi connectivity index (χ4v) is 3.63. The third kappa shape index (κ3) is 5.05. The minimum Gasteiger partial charge on any atom is -0.324 e. The Bertz CT molecular complexity index is 558. The van der Waals surface area contributed by atoms with Gasteiger partial charge in [-0.25, -0.2) is 0 Å². The lowest BCUT2D eigenvalue weighted by molar-refractivity contribution is -0.120. The Kier molecular flexibility index (Phi) is 6.81. The van der Waals surface area contributed by atoms with Gasteiger partial charge in [0.1, 0.15) is 0 Å². The Morgan fingerprint density at radius 3 is 2.83 bits per heavy atom. The number of benzene rings is 1. The smallest absolute Gasteiger partial charge is 0.241 e. The van der Waals surface area contributed by atoms with Crippen molar-refractivity contribution in [2.45, 2.75) is 46.6 Å². The first-order valence-electron chi connectivity index (χ1n) is 9.21. The van der Waals surface area contributed by atoms with Gasteiger partial charge in [0.05, 0.1) is 6.04 Å². The van der Waals surface area contributed by atoms with Crippen LogP contribution in [-0.2, 0) is 4.79 Å². The van der Waals surface area contributed by atoms with Crippen molar-refractivity contribution in [3.63, 3.8) is 0 Å². The van der Waals surface area contributed by atoms with Crippen LogP contribution in [0.3, 0.4) is 0 Å². The second-order valence-electron chi connectivity index (χ2n) is 7.40. The number of carbonyl (C=O) groups is 1. The number of amides is 1. The van der Waals surface area contributed by atoms with E-state index in [4.69, 9.17) is 0 Å². The molecule has 24 heavy (non-hydrogen) atoms. The summed E-state index contributed by atoms with van der Waals surface area (Å²) in [6.45, 7) is 12.7. The highest BCUT2D eigenvalue weighted by Crippen LogP contribution is 2.21. The zero-order valence-electron chi connectivity index (χ0n) is 15.9. The molecule has 1 heterocycles. The molecule has 1 N–H and O–H groups in total. The summed E-state index contributed by atoms with van der Waals surface area (Å²) in [6, 6.07) is 6.08. The van der Waals surface area contributed by atoms with Crippen molar-refractivity contribution >= 4 is 11.6 Å². The third-order valence-corrected chi connectivity index (χ3v) is 5.06. The average molecular weight is 332 g/mol. The molecule has 0 spiro atoms. The molecule has 1 fully saturated rings. The van der Waals surface area contributed by atoms with Gasteiger partial charge < -0.3 is 10.2 Å². The molecule has 134 valence electrons. The van der Waals surface area contributed by atoms with E-state index in [1.165, 1.54) is 18.4 Å². The molecule has 4 heteroatoms. The molecule has 2 rings (SSSR count). The summed E-state index contributed by atoms with van der Waals surface area (Å²) in [5, 5.41) is 3.10. The quantitative estimate of drug-likeness (QED) is 0.833. The number of hydrogen-bond acceptors (Lipinski definition) is 3. The molecule has 1 aromatic rings. The molecule has 1 amide bonds. The Hall–Kier alpha value is -1.39. The van der Waals surface area contributed by atoms with Crippen LogP contribution in [0.4, 0.5) is 5.69 Å². The molecule has 1 saturated heterocycles. The van der Waals surface area contributed by atoms with Crippen LogP contribution in [0, 0.1) is 19.8 Å². The number of rotatable bonds is 7. The van der Waals surface area contributed by atoms with Gasteiger partial charge in [-0.1, -0.05) is 24.6 Å². The van der Waals surface area contributed by atoms with Crippen LogP contribution in [0.1, 0.15) is 37.8 Å². The summed E-state index contributed by atoms with van der Waals surface area (Å²) in [5.41, 5.74) is 3.27. The summed E-state index contributed by atoms with van der Waals surface area (Å²) in [5.74, 6) is 0.780. The van der Waals surface area contributed by atoms with Gasteiger partial charge in [0.25, 0.3) is 0 Å². The van der Waals surface area contributed by atoms with Gasteiger partial charge in [0, 0.05) is 18.8 Å². The first kappa shape index (κ1) is 18.9. The van der Waals surface area contributed by atoms with Gasteiger partial charge in [-0.3, -0.25) is 9.69 Å². The van der Waals surface area contributed by atoms with Crippen LogP contribution >= 0.6 is 0 Å². The zero-order valence-corrected chi connectivity index (χ0v) is 15.9. The van der Waals surface area contributed by atoms with Gasteiger partial charge in [-0.05, 0) is 71.3 Å². The number of likely N-dealkylation sites (tertiary alicyclic amines) is 1. The molecule has 0 saturated carbocycles. The molecule has 0 unspecified atom stereocenters. The minimum absolute atomic E-state index is 0.0767. The maximum Gasteiger partial charge on any atom is 0.241 e. The maximum absolute atomic E-state index is 12.6. The highest BCUT2D eigenvalue weighted by Gasteiger charge is 2.30. The highest BCUT2D eigenvalue weighted by atomic mass is 16.2. The standard InChI is InChI=1S/C20H33N3O/c1-6-10-22(5)13-18-9-11-23(14-18)17(4)20(24)21-19-8-7-15(2)12-16(19)3/h7-8,12,17-18H,6,9-11,13-14H2,1-5H3,(H,21,24)/t17-,18+/m1/s1. The Morgan fingerprint density at radius 2 is 2.17 bits per heavy atom. The van der Waals surface area contributed by atoms with Crippen molar-refractivity contribution in [2.24, 2.45) is 5.92 Å². The first-order valence-corrected chi connectivity index (χ1v) is 9.21. The molecule has 2 atom stereocenters. The maximum atomic E-state index is 12.6. The summed E-state index contributed by atoms with van der Waals surface area (Å²) in [4.78, 5) is 17.3. The molecule has 1 aliphatic heterocycles. The molecule has 0 radical (unpaired) electrons. The molecular weight excluding hydrogens is 298 g/mol. The lowest BCUT2D eigenvalue weighted by Gasteiger charge is -2.25. The number of anilines is 1. The predicted octanol–water partition coefficient (Wildman–Crippen LogP) is 3.29. The first-order chi connectivity index (χ1) is 11.4. The van der Waals surface area contributed by atoms with Crippen molar-refractivity contribution in [1.82, 2.24) is 9.80 Å². The van der Waals surface area contributed by atoms with Gasteiger partial charge in [0.15, 0.2) is 0 Å². The summed E-state index contributed by atoms with van der Waals surface area (Å²) >= 11 is 0. The Labute approximate surface area is 147 Å². The number of nitrogens with one attached hydrogen (secondary N) is 1. The fourth-order valence-electron chi connectivity index (χ4n) is 3.63. The van der Waals surface area contributed by atoms with E-state index in [0.717, 1.165) is 37.4 Å². The van der Waals surface area contributed by atoms with Crippen molar-refractivity contribution in [3.8, 4) is 0 Å². The summed E-state index contributed by atoms with van der Waals surface area (Å²) in [7, 11) is 2.20. The van der Waals surface area contributed by atoms with E-state index in [9.17, 15) is 4.79 Å². The van der Waals surface area contributed by atoms with E-state index >= 15 is 0 Å². The van der Waals surface area contributed by atoms with Gasteiger partial charge in [-0.2, -0.15) is 0 Å². The molecular formula is C20H33N3O. The molecule has 0 aliphatic carbocycles. The van der Waals surface area contributed by atoms with Crippen LogP contribution in [0.5, 0.6) is 0 Å².